The summed E-state index contributed by atoms with van der Waals surface area (Å²) in [5.74, 6) is -0.736. The van der Waals surface area contributed by atoms with E-state index in [4.69, 9.17) is 0 Å². The Bertz CT molecular complexity index is 1240. The zero-order chi connectivity index (χ0) is 20.4. The summed E-state index contributed by atoms with van der Waals surface area (Å²) in [6.45, 7) is 0.303. The summed E-state index contributed by atoms with van der Waals surface area (Å²) in [5.41, 5.74) is 2.32. The number of hydrogen-bond donors (Lipinski definition) is 1. The first-order valence-electron chi connectivity index (χ1n) is 9.25. The topological polar surface area (TPSA) is 55.5 Å². The lowest BCUT2D eigenvalue weighted by Gasteiger charge is -2.13. The maximum atomic E-state index is 13.8. The average molecular weight is 409 g/mol. The molecular formula is C22H20FN3O2S. The normalized spacial score (nSPS) is 11.2. The summed E-state index contributed by atoms with van der Waals surface area (Å²) in [6.07, 6.45) is 4.48. The third-order valence-electron chi connectivity index (χ3n) is 4.90. The van der Waals surface area contributed by atoms with Crippen LogP contribution in [0, 0.1) is 5.82 Å². The Morgan fingerprint density at radius 2 is 1.86 bits per heavy atom. The van der Waals surface area contributed by atoms with Crippen molar-refractivity contribution in [2.24, 2.45) is 0 Å². The molecule has 0 fully saturated rings. The summed E-state index contributed by atoms with van der Waals surface area (Å²) in [4.78, 5) is 26.5. The highest BCUT2D eigenvalue weighted by Gasteiger charge is 2.14. The maximum Gasteiger partial charge on any atom is 0.275 e. The molecule has 0 spiro atoms. The van der Waals surface area contributed by atoms with Crippen LogP contribution >= 0.6 is 11.8 Å². The highest BCUT2D eigenvalue weighted by molar-refractivity contribution is 7.98. The van der Waals surface area contributed by atoms with Gasteiger partial charge in [0.05, 0.1) is 11.0 Å². The minimum absolute atomic E-state index is 0.161. The molecule has 148 valence electrons. The molecule has 0 unspecified atom stereocenters. The third-order valence-corrected chi connectivity index (χ3v) is 5.64. The lowest BCUT2D eigenvalue weighted by atomic mass is 10.1. The molecule has 29 heavy (non-hydrogen) atoms. The van der Waals surface area contributed by atoms with Crippen molar-refractivity contribution in [2.45, 2.75) is 17.9 Å². The quantitative estimate of drug-likeness (QED) is 0.496. The molecule has 0 aliphatic heterocycles. The number of fused-ring (bicyclic) bond motifs is 3. The van der Waals surface area contributed by atoms with Crippen LogP contribution in [-0.4, -0.2) is 27.7 Å². The van der Waals surface area contributed by atoms with Gasteiger partial charge in [0.1, 0.15) is 17.9 Å². The number of hydrogen-bond acceptors (Lipinski definition) is 3. The number of amides is 1. The van der Waals surface area contributed by atoms with Crippen molar-refractivity contribution in [3.8, 4) is 0 Å². The van der Waals surface area contributed by atoms with Crippen molar-refractivity contribution in [3.63, 3.8) is 0 Å². The number of nitrogens with zero attached hydrogens (tertiary/aromatic N) is 2. The fraction of sp³-hybridized carbons (Fsp3) is 0.182. The Kier molecular flexibility index (Phi) is 5.40. The third kappa shape index (κ3) is 3.91. The van der Waals surface area contributed by atoms with Crippen LogP contribution in [0.3, 0.4) is 0 Å². The molecule has 7 heteroatoms. The van der Waals surface area contributed by atoms with Gasteiger partial charge in [0.2, 0.25) is 5.91 Å². The van der Waals surface area contributed by atoms with Crippen LogP contribution in [0.1, 0.15) is 5.56 Å². The summed E-state index contributed by atoms with van der Waals surface area (Å²) >= 11 is 1.68. The monoisotopic (exact) mass is 409 g/mol. The largest absolute Gasteiger partial charge is 0.354 e. The van der Waals surface area contributed by atoms with Crippen molar-refractivity contribution < 1.29 is 9.18 Å². The van der Waals surface area contributed by atoms with Gasteiger partial charge < -0.3 is 9.72 Å². The van der Waals surface area contributed by atoms with Crippen LogP contribution < -0.4 is 10.9 Å². The summed E-state index contributed by atoms with van der Waals surface area (Å²) < 4.78 is 16.9. The van der Waals surface area contributed by atoms with Gasteiger partial charge in [-0.1, -0.05) is 12.1 Å². The van der Waals surface area contributed by atoms with E-state index >= 15 is 0 Å². The molecule has 0 aliphatic carbocycles. The number of aromatic nitrogens is 2. The van der Waals surface area contributed by atoms with Gasteiger partial charge in [-0.3, -0.25) is 14.2 Å². The SMILES string of the molecule is CSc1ccc(CCNC(=O)Cn2c(=O)c3cccn3c3ccc(F)cc32)cc1. The molecular weight excluding hydrogens is 389 g/mol. The summed E-state index contributed by atoms with van der Waals surface area (Å²) in [5, 5.41) is 2.85. The second-order valence-electron chi connectivity index (χ2n) is 6.74. The molecule has 0 radical (unpaired) electrons. The van der Waals surface area contributed by atoms with Crippen molar-refractivity contribution in [1.29, 1.82) is 0 Å². The first kappa shape index (κ1) is 19.3. The van der Waals surface area contributed by atoms with E-state index < -0.39 is 5.82 Å². The number of rotatable bonds is 6. The van der Waals surface area contributed by atoms with E-state index in [1.807, 2.05) is 18.4 Å². The second-order valence-corrected chi connectivity index (χ2v) is 7.62. The first-order valence-corrected chi connectivity index (χ1v) is 10.5. The zero-order valence-electron chi connectivity index (χ0n) is 15.9. The fourth-order valence-corrected chi connectivity index (χ4v) is 3.83. The van der Waals surface area contributed by atoms with Crippen molar-refractivity contribution in [3.05, 3.63) is 82.5 Å². The van der Waals surface area contributed by atoms with E-state index in [0.29, 0.717) is 29.5 Å². The molecule has 2 aromatic carbocycles. The maximum absolute atomic E-state index is 13.8. The van der Waals surface area contributed by atoms with Gasteiger partial charge >= 0.3 is 0 Å². The summed E-state index contributed by atoms with van der Waals surface area (Å²) in [7, 11) is 0. The van der Waals surface area contributed by atoms with Gasteiger partial charge in [-0.25, -0.2) is 4.39 Å². The van der Waals surface area contributed by atoms with E-state index in [1.165, 1.54) is 21.6 Å². The first-order chi connectivity index (χ1) is 14.1. The zero-order valence-corrected chi connectivity index (χ0v) is 16.7. The Morgan fingerprint density at radius 1 is 1.07 bits per heavy atom. The Morgan fingerprint density at radius 3 is 2.62 bits per heavy atom. The molecule has 0 saturated carbocycles. The molecule has 4 rings (SSSR count). The highest BCUT2D eigenvalue weighted by atomic mass is 32.2. The van der Waals surface area contributed by atoms with Crippen LogP contribution in [0.5, 0.6) is 0 Å². The Balaban J connectivity index is 1.53. The van der Waals surface area contributed by atoms with Crippen LogP contribution in [-0.2, 0) is 17.8 Å². The van der Waals surface area contributed by atoms with Crippen LogP contribution in [0.2, 0.25) is 0 Å². The average Bonchev–Trinajstić information content (AvgIpc) is 3.22. The van der Waals surface area contributed by atoms with E-state index in [9.17, 15) is 14.0 Å². The van der Waals surface area contributed by atoms with Gasteiger partial charge in [-0.15, -0.1) is 11.8 Å². The number of benzene rings is 2. The number of halogens is 1. The Labute approximate surface area is 171 Å². The molecule has 0 bridgehead atoms. The molecule has 4 aromatic rings. The van der Waals surface area contributed by atoms with Crippen molar-refractivity contribution in [2.75, 3.05) is 12.8 Å². The predicted octanol–water partition coefficient (Wildman–Crippen LogP) is 3.47. The van der Waals surface area contributed by atoms with Gasteiger partial charge in [0, 0.05) is 17.6 Å². The van der Waals surface area contributed by atoms with E-state index in [0.717, 1.165) is 5.56 Å². The number of thioether (sulfide) groups is 1. The van der Waals surface area contributed by atoms with Crippen molar-refractivity contribution >= 4 is 34.2 Å². The number of nitrogens with one attached hydrogen (secondary N) is 1. The lowest BCUT2D eigenvalue weighted by molar-refractivity contribution is -0.121. The smallest absolute Gasteiger partial charge is 0.275 e. The number of carbonyl (C=O) groups is 1. The van der Waals surface area contributed by atoms with E-state index in [1.54, 1.807) is 40.6 Å². The van der Waals surface area contributed by atoms with Crippen LogP contribution in [0.4, 0.5) is 4.39 Å². The molecule has 0 aliphatic rings. The van der Waals surface area contributed by atoms with Gasteiger partial charge in [-0.2, -0.15) is 0 Å². The predicted molar refractivity (Wildman–Crippen MR) is 114 cm³/mol. The van der Waals surface area contributed by atoms with Gasteiger partial charge in [-0.05, 0) is 60.7 Å². The molecule has 2 heterocycles. The molecule has 0 atom stereocenters. The van der Waals surface area contributed by atoms with Gasteiger partial charge in [0.25, 0.3) is 5.56 Å². The molecule has 1 amide bonds. The lowest BCUT2D eigenvalue weighted by Crippen LogP contribution is -2.34. The minimum Gasteiger partial charge on any atom is -0.354 e. The minimum atomic E-state index is -0.453. The van der Waals surface area contributed by atoms with Crippen LogP contribution in [0.15, 0.2) is 70.5 Å². The van der Waals surface area contributed by atoms with Crippen molar-refractivity contribution in [1.82, 2.24) is 14.3 Å². The fourth-order valence-electron chi connectivity index (χ4n) is 3.42. The second kappa shape index (κ2) is 8.13. The van der Waals surface area contributed by atoms with E-state index in [-0.39, 0.29) is 18.0 Å². The van der Waals surface area contributed by atoms with E-state index in [2.05, 4.69) is 17.4 Å². The molecule has 2 aromatic heterocycles. The highest BCUT2D eigenvalue weighted by Crippen LogP contribution is 2.17. The standard InChI is InChI=1S/C22H20FN3O2S/c1-29-17-7-4-15(5-8-17)10-11-24-21(27)14-26-20-13-16(23)6-9-18(20)25-12-2-3-19(25)22(26)28/h2-9,12-13H,10-11,14H2,1H3,(H,24,27). The number of carbonyl (C=O) groups excluding carboxylic acids is 1. The van der Waals surface area contributed by atoms with Gasteiger partial charge in [0.15, 0.2) is 0 Å². The van der Waals surface area contributed by atoms with Crippen LogP contribution in [0.25, 0.3) is 16.6 Å². The molecule has 5 nitrogen and oxygen atoms in total. The summed E-state index contributed by atoms with van der Waals surface area (Å²) in [6, 6.07) is 15.9. The molecule has 1 N–H and O–H groups in total. The molecule has 0 saturated heterocycles. The Hall–Kier alpha value is -3.06.